The fourth-order valence-corrected chi connectivity index (χ4v) is 1.99. The van der Waals surface area contributed by atoms with Crippen LogP contribution in [0.5, 0.6) is 0 Å². The van der Waals surface area contributed by atoms with Crippen LogP contribution in [0.25, 0.3) is 5.65 Å². The van der Waals surface area contributed by atoms with E-state index in [1.807, 2.05) is 13.8 Å². The number of alkyl halides is 3. The predicted octanol–water partition coefficient (Wildman–Crippen LogP) is 3.15. The van der Waals surface area contributed by atoms with E-state index in [0.29, 0.717) is 18.3 Å². The van der Waals surface area contributed by atoms with Gasteiger partial charge in [0.25, 0.3) is 0 Å². The molecule has 2 rings (SSSR count). The average Bonchev–Trinajstić information content (AvgIpc) is 2.71. The molecule has 0 aliphatic rings. The second kappa shape index (κ2) is 5.57. The third-order valence-electron chi connectivity index (χ3n) is 2.69. The van der Waals surface area contributed by atoms with Gasteiger partial charge in [-0.25, -0.2) is 0 Å². The third-order valence-corrected chi connectivity index (χ3v) is 2.97. The number of fused-ring (bicyclic) bond motifs is 1. The normalized spacial score (nSPS) is 12.6. The summed E-state index contributed by atoms with van der Waals surface area (Å²) in [5.74, 6) is 0.831. The fraction of sp³-hybridized carbons (Fsp3) is 0.500. The van der Waals surface area contributed by atoms with Gasteiger partial charge in [0.05, 0.1) is 17.1 Å². The maximum absolute atomic E-state index is 12.8. The van der Waals surface area contributed by atoms with Crippen LogP contribution in [-0.4, -0.2) is 21.1 Å². The maximum atomic E-state index is 12.8. The lowest BCUT2D eigenvalue weighted by Crippen LogP contribution is -2.20. The molecule has 0 aliphatic heterocycles. The molecule has 0 aromatic carbocycles. The van der Waals surface area contributed by atoms with Crippen LogP contribution in [0.4, 0.5) is 13.2 Å². The molecule has 0 spiro atoms. The molecular weight excluding hydrogens is 293 g/mol. The molecule has 0 aliphatic carbocycles. The van der Waals surface area contributed by atoms with Crippen molar-refractivity contribution in [2.24, 2.45) is 5.92 Å². The Morgan fingerprint density at radius 1 is 1.35 bits per heavy atom. The third kappa shape index (κ3) is 3.21. The summed E-state index contributed by atoms with van der Waals surface area (Å²) >= 11 is 5.82. The maximum Gasteiger partial charge on any atom is 0.417 e. The van der Waals surface area contributed by atoms with Crippen molar-refractivity contribution >= 4 is 17.2 Å². The molecule has 4 nitrogen and oxygen atoms in total. The van der Waals surface area contributed by atoms with E-state index in [-0.39, 0.29) is 10.7 Å². The first kappa shape index (κ1) is 15.1. The van der Waals surface area contributed by atoms with Crippen molar-refractivity contribution in [1.82, 2.24) is 19.9 Å². The Hall–Kier alpha value is -1.34. The summed E-state index contributed by atoms with van der Waals surface area (Å²) in [7, 11) is 0. The minimum absolute atomic E-state index is 0.0672. The number of hydrogen-bond donors (Lipinski definition) is 1. The SMILES string of the molecule is CC(C)CNCc1nnc2c(Cl)cc(C(F)(F)F)cn12. The van der Waals surface area contributed by atoms with Gasteiger partial charge in [0, 0.05) is 6.20 Å². The van der Waals surface area contributed by atoms with Crippen molar-refractivity contribution in [2.45, 2.75) is 26.6 Å². The van der Waals surface area contributed by atoms with Crippen molar-refractivity contribution < 1.29 is 13.2 Å². The van der Waals surface area contributed by atoms with Crippen LogP contribution in [0.1, 0.15) is 25.2 Å². The van der Waals surface area contributed by atoms with Gasteiger partial charge in [0.2, 0.25) is 0 Å². The van der Waals surface area contributed by atoms with Crippen molar-refractivity contribution in [3.8, 4) is 0 Å². The zero-order chi connectivity index (χ0) is 14.9. The number of aromatic nitrogens is 3. The molecule has 0 radical (unpaired) electrons. The average molecular weight is 307 g/mol. The molecule has 2 aromatic heterocycles. The molecule has 8 heteroatoms. The molecule has 1 N–H and O–H groups in total. The second-order valence-electron chi connectivity index (χ2n) is 4.91. The van der Waals surface area contributed by atoms with Gasteiger partial charge in [-0.15, -0.1) is 10.2 Å². The summed E-state index contributed by atoms with van der Waals surface area (Å²) in [6.07, 6.45) is -3.49. The van der Waals surface area contributed by atoms with Crippen LogP contribution in [0.2, 0.25) is 5.02 Å². The van der Waals surface area contributed by atoms with E-state index in [0.717, 1.165) is 18.8 Å². The number of nitrogens with zero attached hydrogens (tertiary/aromatic N) is 3. The Kier molecular flexibility index (Phi) is 4.19. The van der Waals surface area contributed by atoms with Crippen molar-refractivity contribution in [3.05, 3.63) is 28.7 Å². The summed E-state index contributed by atoms with van der Waals surface area (Å²) < 4.78 is 39.6. The minimum atomic E-state index is -4.45. The number of hydrogen-bond acceptors (Lipinski definition) is 3. The molecule has 20 heavy (non-hydrogen) atoms. The Morgan fingerprint density at radius 3 is 2.65 bits per heavy atom. The van der Waals surface area contributed by atoms with Gasteiger partial charge in [0.15, 0.2) is 11.5 Å². The zero-order valence-electron chi connectivity index (χ0n) is 11.0. The molecular formula is C12H14ClF3N4. The summed E-state index contributed by atoms with van der Waals surface area (Å²) in [5.41, 5.74) is -0.596. The highest BCUT2D eigenvalue weighted by atomic mass is 35.5. The summed E-state index contributed by atoms with van der Waals surface area (Å²) in [4.78, 5) is 0. The lowest BCUT2D eigenvalue weighted by Gasteiger charge is -2.09. The Balaban J connectivity index is 2.35. The number of nitrogens with one attached hydrogen (secondary N) is 1. The summed E-state index contributed by atoms with van der Waals surface area (Å²) in [6, 6.07) is 0.858. The van der Waals surface area contributed by atoms with E-state index in [4.69, 9.17) is 11.6 Å². The lowest BCUT2D eigenvalue weighted by molar-refractivity contribution is -0.137. The highest BCUT2D eigenvalue weighted by Crippen LogP contribution is 2.32. The molecule has 0 bridgehead atoms. The quantitative estimate of drug-likeness (QED) is 0.943. The Bertz CT molecular complexity index is 607. The fourth-order valence-electron chi connectivity index (χ4n) is 1.75. The molecule has 2 heterocycles. The van der Waals surface area contributed by atoms with Crippen LogP contribution in [0.3, 0.4) is 0 Å². The number of pyridine rings is 1. The van der Waals surface area contributed by atoms with E-state index in [1.54, 1.807) is 0 Å². The summed E-state index contributed by atoms with van der Waals surface area (Å²) in [6.45, 7) is 5.14. The molecule has 0 fully saturated rings. The predicted molar refractivity (Wildman–Crippen MR) is 69.5 cm³/mol. The highest BCUT2D eigenvalue weighted by molar-refractivity contribution is 6.33. The molecule has 0 saturated carbocycles. The molecule has 0 atom stereocenters. The molecule has 2 aromatic rings. The van der Waals surface area contributed by atoms with Crippen molar-refractivity contribution in [1.29, 1.82) is 0 Å². The van der Waals surface area contributed by atoms with E-state index in [9.17, 15) is 13.2 Å². The molecule has 0 unspecified atom stereocenters. The topological polar surface area (TPSA) is 42.2 Å². The Morgan fingerprint density at radius 2 is 2.05 bits per heavy atom. The van der Waals surface area contributed by atoms with Crippen molar-refractivity contribution in [2.75, 3.05) is 6.54 Å². The molecule has 110 valence electrons. The first-order valence-corrected chi connectivity index (χ1v) is 6.48. The second-order valence-corrected chi connectivity index (χ2v) is 5.32. The zero-order valence-corrected chi connectivity index (χ0v) is 11.8. The summed E-state index contributed by atoms with van der Waals surface area (Å²) in [5, 5.41) is 10.7. The van der Waals surface area contributed by atoms with E-state index < -0.39 is 11.7 Å². The largest absolute Gasteiger partial charge is 0.417 e. The van der Waals surface area contributed by atoms with Crippen molar-refractivity contribution in [3.63, 3.8) is 0 Å². The van der Waals surface area contributed by atoms with Crippen LogP contribution in [0.15, 0.2) is 12.3 Å². The van der Waals surface area contributed by atoms with Crippen LogP contribution in [-0.2, 0) is 12.7 Å². The van der Waals surface area contributed by atoms with Crippen LogP contribution >= 0.6 is 11.6 Å². The number of halogens is 4. The smallest absolute Gasteiger partial charge is 0.310 e. The van der Waals surface area contributed by atoms with Gasteiger partial charge in [0.1, 0.15) is 0 Å². The van der Waals surface area contributed by atoms with Gasteiger partial charge in [-0.1, -0.05) is 25.4 Å². The van der Waals surface area contributed by atoms with Gasteiger partial charge in [-0.2, -0.15) is 13.2 Å². The molecule has 0 amide bonds. The van der Waals surface area contributed by atoms with Gasteiger partial charge >= 0.3 is 6.18 Å². The first-order valence-electron chi connectivity index (χ1n) is 6.10. The molecule has 0 saturated heterocycles. The Labute approximate surface area is 118 Å². The van der Waals surface area contributed by atoms with Gasteiger partial charge in [-0.05, 0) is 18.5 Å². The highest BCUT2D eigenvalue weighted by Gasteiger charge is 2.32. The standard InChI is InChI=1S/C12H14ClF3N4/c1-7(2)4-17-5-10-18-19-11-9(13)3-8(6-20(10)11)12(14,15)16/h3,6-7,17H,4-5H2,1-2H3. The minimum Gasteiger partial charge on any atom is -0.310 e. The first-order chi connectivity index (χ1) is 9.29. The number of rotatable bonds is 4. The monoisotopic (exact) mass is 306 g/mol. The van der Waals surface area contributed by atoms with Crippen LogP contribution in [0, 0.1) is 5.92 Å². The van der Waals surface area contributed by atoms with Crippen LogP contribution < -0.4 is 5.32 Å². The van der Waals surface area contributed by atoms with E-state index in [1.165, 1.54) is 4.40 Å². The van der Waals surface area contributed by atoms with Gasteiger partial charge in [-0.3, -0.25) is 4.40 Å². The van der Waals surface area contributed by atoms with Gasteiger partial charge < -0.3 is 5.32 Å². The van der Waals surface area contributed by atoms with E-state index >= 15 is 0 Å². The van der Waals surface area contributed by atoms with E-state index in [2.05, 4.69) is 15.5 Å². The lowest BCUT2D eigenvalue weighted by atomic mass is 10.2.